The first-order valence-electron chi connectivity index (χ1n) is 6.58. The fourth-order valence-electron chi connectivity index (χ4n) is 1.94. The van der Waals surface area contributed by atoms with Crippen LogP contribution < -0.4 is 10.2 Å². The number of anilines is 2. The van der Waals surface area contributed by atoms with Gasteiger partial charge in [-0.1, -0.05) is 0 Å². The Morgan fingerprint density at radius 3 is 2.57 bits per heavy atom. The van der Waals surface area contributed by atoms with Crippen LogP contribution in [-0.4, -0.2) is 52.4 Å². The van der Waals surface area contributed by atoms with E-state index >= 15 is 0 Å². The van der Waals surface area contributed by atoms with Crippen LogP contribution in [0.1, 0.15) is 10.5 Å². The molecule has 2 aromatic rings. The van der Waals surface area contributed by atoms with Crippen LogP contribution in [0.3, 0.4) is 0 Å². The Balaban J connectivity index is 1.67. The lowest BCUT2D eigenvalue weighted by molar-refractivity contribution is 0.102. The molecule has 0 saturated carbocycles. The zero-order valence-corrected chi connectivity index (χ0v) is 11.3. The minimum absolute atomic E-state index is 0.222. The van der Waals surface area contributed by atoms with E-state index in [1.165, 1.54) is 0 Å². The van der Waals surface area contributed by atoms with Crippen LogP contribution in [0.4, 0.5) is 11.8 Å². The third kappa shape index (κ3) is 3.29. The van der Waals surface area contributed by atoms with Crippen molar-refractivity contribution in [3.63, 3.8) is 0 Å². The summed E-state index contributed by atoms with van der Waals surface area (Å²) in [6, 6.07) is 5.09. The Hall–Kier alpha value is -2.61. The maximum atomic E-state index is 12.0. The number of amides is 1. The fraction of sp³-hybridized carbons (Fsp3) is 0.308. The lowest BCUT2D eigenvalue weighted by Gasteiger charge is -2.27. The van der Waals surface area contributed by atoms with E-state index in [1.54, 1.807) is 30.6 Å². The zero-order chi connectivity index (χ0) is 14.5. The van der Waals surface area contributed by atoms with Crippen molar-refractivity contribution >= 4 is 17.7 Å². The number of hydrogen-bond donors (Lipinski definition) is 1. The number of aromatic nitrogens is 4. The Kier molecular flexibility index (Phi) is 3.97. The number of nitrogens with one attached hydrogen (secondary N) is 1. The largest absolute Gasteiger partial charge is 0.378 e. The Morgan fingerprint density at radius 2 is 1.90 bits per heavy atom. The first-order chi connectivity index (χ1) is 10.3. The number of morpholine rings is 1. The first-order valence-corrected chi connectivity index (χ1v) is 6.58. The number of carbonyl (C=O) groups excluding carboxylic acids is 1. The number of rotatable bonds is 3. The van der Waals surface area contributed by atoms with Crippen LogP contribution in [-0.2, 0) is 4.74 Å². The van der Waals surface area contributed by atoms with Crippen LogP contribution in [0.15, 0.2) is 30.6 Å². The van der Waals surface area contributed by atoms with Crippen LogP contribution in [0.2, 0.25) is 0 Å². The number of carbonyl (C=O) groups is 1. The van der Waals surface area contributed by atoms with Gasteiger partial charge in [0, 0.05) is 25.5 Å². The molecule has 2 aromatic heterocycles. The number of ether oxygens (including phenoxy) is 1. The molecule has 0 radical (unpaired) electrons. The van der Waals surface area contributed by atoms with Gasteiger partial charge in [-0.05, 0) is 18.2 Å². The lowest BCUT2D eigenvalue weighted by Crippen LogP contribution is -2.37. The second kappa shape index (κ2) is 6.23. The van der Waals surface area contributed by atoms with Crippen LogP contribution in [0.25, 0.3) is 0 Å². The molecule has 1 amide bonds. The summed E-state index contributed by atoms with van der Waals surface area (Å²) in [7, 11) is 0. The standard InChI is InChI=1S/C13H14N6O2/c20-12(16-13-14-4-1-5-15-13)10-2-3-11(18-17-10)19-6-8-21-9-7-19/h1-5H,6-9H2,(H,14,15,16,20). The van der Waals surface area contributed by atoms with Crippen molar-refractivity contribution in [3.8, 4) is 0 Å². The summed E-state index contributed by atoms with van der Waals surface area (Å²) in [5, 5.41) is 10.6. The van der Waals surface area contributed by atoms with Gasteiger partial charge in [0.15, 0.2) is 11.5 Å². The summed E-state index contributed by atoms with van der Waals surface area (Å²) < 4.78 is 5.28. The SMILES string of the molecule is O=C(Nc1ncccn1)c1ccc(N2CCOCC2)nn1. The lowest BCUT2D eigenvalue weighted by atomic mass is 10.3. The van der Waals surface area contributed by atoms with Crippen LogP contribution in [0, 0.1) is 0 Å². The molecule has 1 aliphatic rings. The van der Waals surface area contributed by atoms with Crippen molar-refractivity contribution in [1.82, 2.24) is 20.2 Å². The molecule has 0 unspecified atom stereocenters. The van der Waals surface area contributed by atoms with Gasteiger partial charge in [-0.15, -0.1) is 10.2 Å². The van der Waals surface area contributed by atoms with E-state index in [2.05, 4.69) is 30.4 Å². The number of nitrogens with zero attached hydrogens (tertiary/aromatic N) is 5. The highest BCUT2D eigenvalue weighted by Crippen LogP contribution is 2.11. The van der Waals surface area contributed by atoms with Crippen LogP contribution >= 0.6 is 0 Å². The highest BCUT2D eigenvalue weighted by atomic mass is 16.5. The molecular formula is C13H14N6O2. The van der Waals surface area contributed by atoms with Crippen molar-refractivity contribution in [3.05, 3.63) is 36.3 Å². The van der Waals surface area contributed by atoms with Crippen LogP contribution in [0.5, 0.6) is 0 Å². The predicted octanol–water partition coefficient (Wildman–Crippen LogP) is 0.355. The highest BCUT2D eigenvalue weighted by molar-refractivity contribution is 6.01. The molecule has 0 atom stereocenters. The van der Waals surface area contributed by atoms with Gasteiger partial charge in [0.05, 0.1) is 13.2 Å². The van der Waals surface area contributed by atoms with Crippen molar-refractivity contribution in [2.75, 3.05) is 36.5 Å². The third-order valence-electron chi connectivity index (χ3n) is 3.01. The smallest absolute Gasteiger partial charge is 0.278 e. The van der Waals surface area contributed by atoms with Gasteiger partial charge < -0.3 is 9.64 Å². The van der Waals surface area contributed by atoms with Gasteiger partial charge in [-0.25, -0.2) is 9.97 Å². The Bertz CT molecular complexity index is 598. The molecule has 0 spiro atoms. The van der Waals surface area contributed by atoms with Gasteiger partial charge in [0.2, 0.25) is 5.95 Å². The molecule has 108 valence electrons. The monoisotopic (exact) mass is 286 g/mol. The first kappa shape index (κ1) is 13.4. The normalized spacial score (nSPS) is 14.8. The molecule has 8 nitrogen and oxygen atoms in total. The summed E-state index contributed by atoms with van der Waals surface area (Å²) in [5.74, 6) is 0.592. The molecule has 3 heterocycles. The summed E-state index contributed by atoms with van der Waals surface area (Å²) in [6.07, 6.45) is 3.10. The summed E-state index contributed by atoms with van der Waals surface area (Å²) in [4.78, 5) is 21.9. The second-order valence-electron chi connectivity index (χ2n) is 4.40. The molecule has 1 fully saturated rings. The summed E-state index contributed by atoms with van der Waals surface area (Å²) in [6.45, 7) is 2.90. The molecule has 1 saturated heterocycles. The van der Waals surface area contributed by atoms with E-state index in [-0.39, 0.29) is 17.5 Å². The average Bonchev–Trinajstić information content (AvgIpc) is 2.57. The molecule has 1 N–H and O–H groups in total. The van der Waals surface area contributed by atoms with E-state index < -0.39 is 0 Å². The Morgan fingerprint density at radius 1 is 1.14 bits per heavy atom. The minimum Gasteiger partial charge on any atom is -0.378 e. The van der Waals surface area contributed by atoms with E-state index in [0.717, 1.165) is 18.9 Å². The van der Waals surface area contributed by atoms with Gasteiger partial charge in [-0.3, -0.25) is 10.1 Å². The van der Waals surface area contributed by atoms with Crippen molar-refractivity contribution in [2.24, 2.45) is 0 Å². The molecule has 0 aromatic carbocycles. The maximum Gasteiger partial charge on any atom is 0.278 e. The van der Waals surface area contributed by atoms with E-state index in [1.807, 2.05) is 0 Å². The third-order valence-corrected chi connectivity index (χ3v) is 3.01. The maximum absolute atomic E-state index is 12.0. The number of hydrogen-bond acceptors (Lipinski definition) is 7. The van der Waals surface area contributed by atoms with Gasteiger partial charge in [-0.2, -0.15) is 0 Å². The summed E-state index contributed by atoms with van der Waals surface area (Å²) >= 11 is 0. The molecule has 0 aliphatic carbocycles. The minimum atomic E-state index is -0.387. The zero-order valence-electron chi connectivity index (χ0n) is 11.3. The molecule has 21 heavy (non-hydrogen) atoms. The van der Waals surface area contributed by atoms with E-state index in [9.17, 15) is 4.79 Å². The topological polar surface area (TPSA) is 93.1 Å². The van der Waals surface area contributed by atoms with Crippen molar-refractivity contribution < 1.29 is 9.53 Å². The molecule has 3 rings (SSSR count). The molecule has 0 bridgehead atoms. The molecule has 1 aliphatic heterocycles. The molecular weight excluding hydrogens is 272 g/mol. The van der Waals surface area contributed by atoms with E-state index in [4.69, 9.17) is 4.74 Å². The van der Waals surface area contributed by atoms with Gasteiger partial charge in [0.25, 0.3) is 5.91 Å². The van der Waals surface area contributed by atoms with E-state index in [0.29, 0.717) is 13.2 Å². The predicted molar refractivity (Wildman–Crippen MR) is 75.0 cm³/mol. The Labute approximate surface area is 121 Å². The fourth-order valence-corrected chi connectivity index (χ4v) is 1.94. The van der Waals surface area contributed by atoms with Crippen molar-refractivity contribution in [1.29, 1.82) is 0 Å². The molecule has 8 heteroatoms. The highest BCUT2D eigenvalue weighted by Gasteiger charge is 2.15. The quantitative estimate of drug-likeness (QED) is 0.870. The summed E-state index contributed by atoms with van der Waals surface area (Å²) in [5.41, 5.74) is 0.222. The van der Waals surface area contributed by atoms with Gasteiger partial charge in [0.1, 0.15) is 0 Å². The van der Waals surface area contributed by atoms with Crippen molar-refractivity contribution in [2.45, 2.75) is 0 Å². The second-order valence-corrected chi connectivity index (χ2v) is 4.40. The average molecular weight is 286 g/mol. The van der Waals surface area contributed by atoms with Gasteiger partial charge >= 0.3 is 0 Å².